The van der Waals surface area contributed by atoms with Crippen LogP contribution in [0.5, 0.6) is 0 Å². The van der Waals surface area contributed by atoms with Gasteiger partial charge in [0.15, 0.2) is 0 Å². The van der Waals surface area contributed by atoms with Crippen LogP contribution in [0.25, 0.3) is 0 Å². The minimum absolute atomic E-state index is 0.415. The molecule has 0 spiro atoms. The van der Waals surface area contributed by atoms with E-state index >= 15 is 0 Å². The monoisotopic (exact) mass is 375 g/mol. The normalized spacial score (nSPS) is 14.7. The van der Waals surface area contributed by atoms with Gasteiger partial charge in [0.05, 0.1) is 10.6 Å². The molecule has 0 aliphatic heterocycles. The molecule has 5 nitrogen and oxygen atoms in total. The van der Waals surface area contributed by atoms with Crippen molar-refractivity contribution < 1.29 is 8.42 Å². The number of benzene rings is 1. The molecule has 1 aliphatic carbocycles. The average Bonchev–Trinajstić information content (AvgIpc) is 2.92. The van der Waals surface area contributed by atoms with Crippen molar-refractivity contribution in [2.24, 2.45) is 0 Å². The van der Waals surface area contributed by atoms with Crippen LogP contribution in [0.15, 0.2) is 23.1 Å². The topological polar surface area (TPSA) is 55.2 Å². The van der Waals surface area contributed by atoms with Gasteiger partial charge in [0, 0.05) is 25.8 Å². The summed E-state index contributed by atoms with van der Waals surface area (Å²) < 4.78 is 29.4. The first-order valence-electron chi connectivity index (χ1n) is 9.45. The Balaban J connectivity index is 1.76. The fourth-order valence-electron chi connectivity index (χ4n) is 3.84. The van der Waals surface area contributed by atoms with Gasteiger partial charge in [-0.15, -0.1) is 0 Å². The van der Waals surface area contributed by atoms with Crippen molar-refractivity contribution in [2.75, 3.05) is 13.6 Å². The molecule has 0 saturated heterocycles. The molecule has 26 heavy (non-hydrogen) atoms. The molecule has 3 rings (SSSR count). The van der Waals surface area contributed by atoms with Gasteiger partial charge >= 0.3 is 0 Å². The van der Waals surface area contributed by atoms with Crippen molar-refractivity contribution in [1.29, 1.82) is 0 Å². The molecule has 0 bridgehead atoms. The van der Waals surface area contributed by atoms with Gasteiger partial charge in [-0.3, -0.25) is 4.68 Å². The number of hydrogen-bond donors (Lipinski definition) is 0. The molecule has 0 fully saturated rings. The Morgan fingerprint density at radius 2 is 1.85 bits per heavy atom. The maximum Gasteiger partial charge on any atom is 0.242 e. The summed E-state index contributed by atoms with van der Waals surface area (Å²) in [6, 6.07) is 5.64. The van der Waals surface area contributed by atoms with Crippen molar-refractivity contribution in [3.05, 3.63) is 46.3 Å². The van der Waals surface area contributed by atoms with E-state index in [0.29, 0.717) is 17.9 Å². The van der Waals surface area contributed by atoms with Crippen molar-refractivity contribution >= 4 is 10.0 Å². The third-order valence-corrected chi connectivity index (χ3v) is 7.39. The lowest BCUT2D eigenvalue weighted by Gasteiger charge is -2.20. The molecule has 6 heteroatoms. The van der Waals surface area contributed by atoms with Crippen molar-refractivity contribution in [3.8, 4) is 0 Å². The largest absolute Gasteiger partial charge is 0.270 e. The molecule has 2 aromatic rings. The molecule has 0 radical (unpaired) electrons. The Labute approximate surface area is 157 Å². The van der Waals surface area contributed by atoms with Crippen molar-refractivity contribution in [3.63, 3.8) is 0 Å². The predicted octanol–water partition coefficient (Wildman–Crippen LogP) is 3.26. The standard InChI is InChI=1S/C20H29N3O2S/c1-5-23-16(3)20(15(2)21-23)12-13-22(4)26(24,25)19-11-10-17-8-6-7-9-18(17)14-19/h10-11,14H,5-9,12-13H2,1-4H3. The van der Waals surface area contributed by atoms with E-state index in [0.717, 1.165) is 42.8 Å². The van der Waals surface area contributed by atoms with Gasteiger partial charge in [-0.2, -0.15) is 5.10 Å². The quantitative estimate of drug-likeness (QED) is 0.779. The van der Waals surface area contributed by atoms with E-state index in [1.807, 2.05) is 23.7 Å². The molecule has 1 aliphatic rings. The molecule has 0 atom stereocenters. The Bertz CT molecular complexity index is 900. The second-order valence-electron chi connectivity index (χ2n) is 7.18. The summed E-state index contributed by atoms with van der Waals surface area (Å²) in [6.07, 6.45) is 5.07. The molecule has 142 valence electrons. The number of likely N-dealkylation sites (N-methyl/N-ethyl adjacent to an activating group) is 1. The Kier molecular flexibility index (Phi) is 5.53. The predicted molar refractivity (Wildman–Crippen MR) is 104 cm³/mol. The van der Waals surface area contributed by atoms with Crippen LogP contribution in [-0.2, 0) is 35.8 Å². The first-order valence-corrected chi connectivity index (χ1v) is 10.9. The zero-order valence-corrected chi connectivity index (χ0v) is 17.1. The summed E-state index contributed by atoms with van der Waals surface area (Å²) in [5, 5.41) is 4.52. The van der Waals surface area contributed by atoms with Gasteiger partial charge in [-0.25, -0.2) is 12.7 Å². The van der Waals surface area contributed by atoms with E-state index < -0.39 is 10.0 Å². The minimum atomic E-state index is -3.46. The van der Waals surface area contributed by atoms with E-state index in [4.69, 9.17) is 0 Å². The third-order valence-electron chi connectivity index (χ3n) is 5.54. The summed E-state index contributed by atoms with van der Waals surface area (Å²) in [5.74, 6) is 0. The molecule has 0 N–H and O–H groups in total. The summed E-state index contributed by atoms with van der Waals surface area (Å²) in [5.41, 5.74) is 5.77. The zero-order chi connectivity index (χ0) is 18.9. The zero-order valence-electron chi connectivity index (χ0n) is 16.2. The first-order chi connectivity index (χ1) is 12.3. The summed E-state index contributed by atoms with van der Waals surface area (Å²) in [4.78, 5) is 0.415. The van der Waals surface area contributed by atoms with E-state index in [-0.39, 0.29) is 0 Å². The van der Waals surface area contributed by atoms with Crippen LogP contribution in [-0.4, -0.2) is 36.1 Å². The number of aryl methyl sites for hydroxylation is 4. The highest BCUT2D eigenvalue weighted by molar-refractivity contribution is 7.89. The van der Waals surface area contributed by atoms with Crippen LogP contribution in [0.3, 0.4) is 0 Å². The molecular formula is C20H29N3O2S. The molecule has 0 saturated carbocycles. The number of aromatic nitrogens is 2. The summed E-state index contributed by atoms with van der Waals surface area (Å²) in [7, 11) is -1.79. The number of rotatable bonds is 6. The SMILES string of the molecule is CCn1nc(C)c(CCN(C)S(=O)(=O)c2ccc3c(c2)CCCC3)c1C. The highest BCUT2D eigenvalue weighted by Gasteiger charge is 2.23. The van der Waals surface area contributed by atoms with E-state index in [9.17, 15) is 8.42 Å². The molecular weight excluding hydrogens is 346 g/mol. The van der Waals surface area contributed by atoms with Crippen LogP contribution in [0.2, 0.25) is 0 Å². The number of sulfonamides is 1. The van der Waals surface area contributed by atoms with Gasteiger partial charge in [0.25, 0.3) is 0 Å². The molecule has 1 heterocycles. The molecule has 0 amide bonds. The Hall–Kier alpha value is -1.66. The second-order valence-corrected chi connectivity index (χ2v) is 9.22. The molecule has 1 aromatic carbocycles. The Morgan fingerprint density at radius 1 is 1.15 bits per heavy atom. The van der Waals surface area contributed by atoms with Crippen LogP contribution in [0.4, 0.5) is 0 Å². The van der Waals surface area contributed by atoms with Gasteiger partial charge in [0.1, 0.15) is 0 Å². The molecule has 1 aromatic heterocycles. The van der Waals surface area contributed by atoms with Crippen LogP contribution >= 0.6 is 0 Å². The Morgan fingerprint density at radius 3 is 2.50 bits per heavy atom. The number of fused-ring (bicyclic) bond motifs is 1. The van der Waals surface area contributed by atoms with Gasteiger partial charge < -0.3 is 0 Å². The van der Waals surface area contributed by atoms with Gasteiger partial charge in [-0.1, -0.05) is 6.07 Å². The third kappa shape index (κ3) is 3.58. The number of nitrogens with zero attached hydrogens (tertiary/aromatic N) is 3. The second kappa shape index (κ2) is 7.53. The lowest BCUT2D eigenvalue weighted by molar-refractivity contribution is 0.471. The van der Waals surface area contributed by atoms with Crippen LogP contribution in [0.1, 0.15) is 47.8 Å². The lowest BCUT2D eigenvalue weighted by Crippen LogP contribution is -2.29. The highest BCUT2D eigenvalue weighted by Crippen LogP contribution is 2.25. The van der Waals surface area contributed by atoms with E-state index in [1.54, 1.807) is 13.1 Å². The maximum absolute atomic E-state index is 13.0. The van der Waals surface area contributed by atoms with E-state index in [2.05, 4.69) is 18.9 Å². The number of hydrogen-bond acceptors (Lipinski definition) is 3. The van der Waals surface area contributed by atoms with Gasteiger partial charge in [0.2, 0.25) is 10.0 Å². The average molecular weight is 376 g/mol. The van der Waals surface area contributed by atoms with Crippen molar-refractivity contribution in [1.82, 2.24) is 14.1 Å². The minimum Gasteiger partial charge on any atom is -0.270 e. The summed E-state index contributed by atoms with van der Waals surface area (Å²) >= 11 is 0. The van der Waals surface area contributed by atoms with Crippen LogP contribution < -0.4 is 0 Å². The smallest absolute Gasteiger partial charge is 0.242 e. The first kappa shape index (κ1) is 19.1. The van der Waals surface area contributed by atoms with E-state index in [1.165, 1.54) is 21.9 Å². The van der Waals surface area contributed by atoms with Gasteiger partial charge in [-0.05, 0) is 81.7 Å². The highest BCUT2D eigenvalue weighted by atomic mass is 32.2. The fraction of sp³-hybridized carbons (Fsp3) is 0.550. The van der Waals surface area contributed by atoms with Crippen LogP contribution in [0, 0.1) is 13.8 Å². The maximum atomic E-state index is 13.0. The molecule has 0 unspecified atom stereocenters. The lowest BCUT2D eigenvalue weighted by atomic mass is 9.92. The van der Waals surface area contributed by atoms with Crippen molar-refractivity contribution in [2.45, 2.75) is 64.3 Å². The fourth-order valence-corrected chi connectivity index (χ4v) is 5.07. The summed E-state index contributed by atoms with van der Waals surface area (Å²) in [6.45, 7) is 7.39.